The van der Waals surface area contributed by atoms with Crippen molar-refractivity contribution >= 4 is 46.0 Å². The number of oxazole rings is 2. The van der Waals surface area contributed by atoms with E-state index in [0.29, 0.717) is 39.3 Å². The average molecular weight is 446 g/mol. The van der Waals surface area contributed by atoms with Gasteiger partial charge in [0.2, 0.25) is 11.8 Å². The highest BCUT2D eigenvalue weighted by molar-refractivity contribution is 7.71. The summed E-state index contributed by atoms with van der Waals surface area (Å²) >= 11 is 5.27. The van der Waals surface area contributed by atoms with E-state index in [-0.39, 0.29) is 24.0 Å². The lowest BCUT2D eigenvalue weighted by Gasteiger charge is -2.08. The molecule has 7 nitrogen and oxygen atoms in total. The predicted octanol–water partition coefficient (Wildman–Crippen LogP) is 5.81. The number of hydrogen-bond acceptors (Lipinski definition) is 6. The Labute approximate surface area is 187 Å². The molecule has 160 valence electrons. The Hall–Kier alpha value is -3.91. The summed E-state index contributed by atoms with van der Waals surface area (Å²) in [6, 6.07) is 18.0. The van der Waals surface area contributed by atoms with Gasteiger partial charge >= 0.3 is 0 Å². The molecule has 1 amide bonds. The van der Waals surface area contributed by atoms with Crippen molar-refractivity contribution < 1.29 is 18.7 Å². The van der Waals surface area contributed by atoms with Crippen molar-refractivity contribution in [3.63, 3.8) is 0 Å². The summed E-state index contributed by atoms with van der Waals surface area (Å²) in [5.74, 6) is 0.111. The number of aromatic hydroxyl groups is 1. The molecule has 0 saturated carbocycles. The highest BCUT2D eigenvalue weighted by Crippen LogP contribution is 2.33. The maximum atomic E-state index is 12.6. The van der Waals surface area contributed by atoms with E-state index in [1.165, 1.54) is 6.07 Å². The first-order valence-electron chi connectivity index (χ1n) is 10.1. The fourth-order valence-electron chi connectivity index (χ4n) is 3.60. The molecule has 3 aromatic carbocycles. The fraction of sp³-hybridized carbons (Fsp3) is 0.125. The van der Waals surface area contributed by atoms with Crippen LogP contribution in [-0.4, -0.2) is 20.6 Å². The summed E-state index contributed by atoms with van der Waals surface area (Å²) in [6.07, 6.45) is 0.205. The number of hydrogen-bond donors (Lipinski definition) is 2. The number of anilines is 1. The van der Waals surface area contributed by atoms with Crippen LogP contribution in [0, 0.1) is 11.8 Å². The zero-order chi connectivity index (χ0) is 22.2. The van der Waals surface area contributed by atoms with Crippen molar-refractivity contribution in [2.24, 2.45) is 0 Å². The number of fused-ring (bicyclic) bond motifs is 2. The standard InChI is InChI=1S/C24H19N3O4S/c1-14-6-9-20-17(12-14)26-23(30-20)16-13-15(7-8-19(16)28)25-22(29)10-11-27-18-4-2-3-5-21(18)31-24(27)32/h2-9,12-13,28H,10-11H2,1H3,(H,25,29). The first kappa shape index (κ1) is 20.0. The molecule has 0 radical (unpaired) electrons. The summed E-state index contributed by atoms with van der Waals surface area (Å²) in [5, 5.41) is 13.2. The van der Waals surface area contributed by atoms with Gasteiger partial charge in [-0.2, -0.15) is 0 Å². The van der Waals surface area contributed by atoms with Gasteiger partial charge in [-0.05, 0) is 67.2 Å². The summed E-state index contributed by atoms with van der Waals surface area (Å²) in [5.41, 5.74) is 4.87. The molecule has 0 bridgehead atoms. The summed E-state index contributed by atoms with van der Waals surface area (Å²) < 4.78 is 13.2. The van der Waals surface area contributed by atoms with Crippen LogP contribution < -0.4 is 5.32 Å². The number of amides is 1. The van der Waals surface area contributed by atoms with Gasteiger partial charge in [0.05, 0.1) is 11.1 Å². The maximum Gasteiger partial charge on any atom is 0.269 e. The Morgan fingerprint density at radius 1 is 1.09 bits per heavy atom. The Bertz CT molecular complexity index is 1530. The van der Waals surface area contributed by atoms with Crippen LogP contribution in [0.2, 0.25) is 0 Å². The van der Waals surface area contributed by atoms with E-state index in [0.717, 1.165) is 11.1 Å². The maximum absolute atomic E-state index is 12.6. The number of nitrogens with one attached hydrogen (secondary N) is 1. The number of rotatable bonds is 5. The van der Waals surface area contributed by atoms with Gasteiger partial charge in [-0.25, -0.2) is 4.98 Å². The second kappa shape index (κ2) is 7.97. The molecule has 0 saturated heterocycles. The van der Waals surface area contributed by atoms with E-state index in [1.807, 2.05) is 49.4 Å². The zero-order valence-electron chi connectivity index (χ0n) is 17.2. The van der Waals surface area contributed by atoms with Crippen molar-refractivity contribution in [1.29, 1.82) is 0 Å². The van der Waals surface area contributed by atoms with E-state index in [2.05, 4.69) is 10.3 Å². The number of nitrogens with zero attached hydrogens (tertiary/aromatic N) is 2. The van der Waals surface area contributed by atoms with Crippen LogP contribution in [0.25, 0.3) is 33.7 Å². The second-order valence-corrected chi connectivity index (χ2v) is 7.86. The van der Waals surface area contributed by atoms with Gasteiger partial charge in [0.25, 0.3) is 4.84 Å². The lowest BCUT2D eigenvalue weighted by molar-refractivity contribution is -0.116. The molecule has 0 aliphatic carbocycles. The number of benzene rings is 3. The number of para-hydroxylation sites is 2. The number of carbonyl (C=O) groups is 1. The molecule has 2 aromatic heterocycles. The lowest BCUT2D eigenvalue weighted by atomic mass is 10.1. The first-order valence-corrected chi connectivity index (χ1v) is 10.5. The van der Waals surface area contributed by atoms with Gasteiger partial charge in [-0.15, -0.1) is 0 Å². The SMILES string of the molecule is Cc1ccc2oc(-c3cc(NC(=O)CCn4c(=S)oc5ccccc54)ccc3O)nc2c1. The number of phenolic OH excluding ortho intramolecular Hbond substituents is 1. The molecule has 2 heterocycles. The third kappa shape index (κ3) is 3.76. The number of aryl methyl sites for hydroxylation is 2. The molecule has 5 aromatic rings. The second-order valence-electron chi connectivity index (χ2n) is 7.51. The molecule has 0 aliphatic heterocycles. The monoisotopic (exact) mass is 445 g/mol. The minimum atomic E-state index is -0.193. The molecular formula is C24H19N3O4S. The summed E-state index contributed by atoms with van der Waals surface area (Å²) in [6.45, 7) is 2.36. The molecule has 0 fully saturated rings. The van der Waals surface area contributed by atoms with Gasteiger partial charge in [-0.1, -0.05) is 18.2 Å². The summed E-state index contributed by atoms with van der Waals surface area (Å²) in [4.78, 5) is 17.4. The largest absolute Gasteiger partial charge is 0.507 e. The molecular weight excluding hydrogens is 426 g/mol. The van der Waals surface area contributed by atoms with Crippen LogP contribution in [0.4, 0.5) is 5.69 Å². The smallest absolute Gasteiger partial charge is 0.269 e. The highest BCUT2D eigenvalue weighted by atomic mass is 32.1. The van der Waals surface area contributed by atoms with Crippen LogP contribution in [0.1, 0.15) is 12.0 Å². The quantitative estimate of drug-likeness (QED) is 0.262. The van der Waals surface area contributed by atoms with Crippen LogP contribution in [-0.2, 0) is 11.3 Å². The van der Waals surface area contributed by atoms with E-state index in [4.69, 9.17) is 21.1 Å². The molecule has 5 rings (SSSR count). The van der Waals surface area contributed by atoms with Crippen LogP contribution in [0.5, 0.6) is 5.75 Å². The normalized spacial score (nSPS) is 11.3. The van der Waals surface area contributed by atoms with Crippen molar-refractivity contribution in [2.75, 3.05) is 5.32 Å². The molecule has 0 spiro atoms. The van der Waals surface area contributed by atoms with Gasteiger partial charge in [-0.3, -0.25) is 9.36 Å². The molecule has 0 aliphatic rings. The van der Waals surface area contributed by atoms with E-state index < -0.39 is 0 Å². The predicted molar refractivity (Wildman–Crippen MR) is 124 cm³/mol. The van der Waals surface area contributed by atoms with Gasteiger partial charge in [0, 0.05) is 18.7 Å². The first-order chi connectivity index (χ1) is 15.5. The third-order valence-corrected chi connectivity index (χ3v) is 5.49. The van der Waals surface area contributed by atoms with E-state index in [9.17, 15) is 9.90 Å². The van der Waals surface area contributed by atoms with Crippen molar-refractivity contribution in [3.05, 3.63) is 71.1 Å². The Morgan fingerprint density at radius 2 is 1.94 bits per heavy atom. The Kier molecular flexibility index (Phi) is 4.99. The van der Waals surface area contributed by atoms with E-state index >= 15 is 0 Å². The number of phenols is 1. The minimum Gasteiger partial charge on any atom is -0.507 e. The fourth-order valence-corrected chi connectivity index (χ4v) is 3.88. The summed E-state index contributed by atoms with van der Waals surface area (Å²) in [7, 11) is 0. The molecule has 0 unspecified atom stereocenters. The third-order valence-electron chi connectivity index (χ3n) is 5.19. The Morgan fingerprint density at radius 3 is 2.81 bits per heavy atom. The molecule has 8 heteroatoms. The molecule has 32 heavy (non-hydrogen) atoms. The zero-order valence-corrected chi connectivity index (χ0v) is 18.0. The number of aromatic nitrogens is 2. The van der Waals surface area contributed by atoms with Crippen LogP contribution >= 0.6 is 12.2 Å². The molecule has 0 atom stereocenters. The van der Waals surface area contributed by atoms with E-state index in [1.54, 1.807) is 16.7 Å². The lowest BCUT2D eigenvalue weighted by Crippen LogP contribution is -2.14. The van der Waals surface area contributed by atoms with Crippen molar-refractivity contribution in [1.82, 2.24) is 9.55 Å². The van der Waals surface area contributed by atoms with Crippen LogP contribution in [0.15, 0.2) is 69.5 Å². The highest BCUT2D eigenvalue weighted by Gasteiger charge is 2.15. The molecule has 2 N–H and O–H groups in total. The van der Waals surface area contributed by atoms with Crippen molar-refractivity contribution in [3.8, 4) is 17.2 Å². The van der Waals surface area contributed by atoms with Crippen molar-refractivity contribution in [2.45, 2.75) is 19.9 Å². The topological polar surface area (TPSA) is 93.4 Å². The van der Waals surface area contributed by atoms with Gasteiger partial charge in [0.1, 0.15) is 11.3 Å². The minimum absolute atomic E-state index is 0.0162. The van der Waals surface area contributed by atoms with Gasteiger partial charge < -0.3 is 19.3 Å². The average Bonchev–Trinajstić information content (AvgIpc) is 3.33. The Balaban J connectivity index is 1.34. The number of carbonyl (C=O) groups excluding carboxylic acids is 1. The van der Waals surface area contributed by atoms with Gasteiger partial charge in [0.15, 0.2) is 11.2 Å². The van der Waals surface area contributed by atoms with Crippen LogP contribution in [0.3, 0.4) is 0 Å².